The van der Waals surface area contributed by atoms with Gasteiger partial charge >= 0.3 is 17.9 Å². The fourth-order valence-electron chi connectivity index (χ4n) is 1.31. The van der Waals surface area contributed by atoms with Crippen LogP contribution in [0.2, 0.25) is 0 Å². The summed E-state index contributed by atoms with van der Waals surface area (Å²) in [6, 6.07) is 0. The summed E-state index contributed by atoms with van der Waals surface area (Å²) >= 11 is 0. The SMILES string of the molecule is C=C(C)C(=O)OCC(C)(COC(=O)C(=C)C)C(=O)OCCS(=O)(=O)ON. The molecular formula is C15H23NO9S. The molecule has 0 saturated heterocycles. The third kappa shape index (κ3) is 8.23. The topological polar surface area (TPSA) is 148 Å². The molecule has 0 rings (SSSR count). The molecule has 0 aliphatic heterocycles. The van der Waals surface area contributed by atoms with Crippen LogP contribution in [0.15, 0.2) is 24.3 Å². The molecule has 0 aromatic rings. The predicted molar refractivity (Wildman–Crippen MR) is 89.7 cm³/mol. The average molecular weight is 393 g/mol. The van der Waals surface area contributed by atoms with Crippen molar-refractivity contribution in [1.82, 2.24) is 0 Å². The van der Waals surface area contributed by atoms with Crippen LogP contribution in [0.3, 0.4) is 0 Å². The Hall–Kier alpha value is -2.24. The second-order valence-electron chi connectivity index (χ2n) is 5.77. The lowest BCUT2D eigenvalue weighted by Crippen LogP contribution is -2.41. The standard InChI is InChI=1S/C15H23NO9S/c1-10(2)12(17)23-8-15(5,9-24-13(18)11(3)4)14(19)22-6-7-26(20,21)25-16/h1,3,6-9,16H2,2,4-5H3. The van der Waals surface area contributed by atoms with E-state index in [1.54, 1.807) is 0 Å². The molecule has 0 saturated carbocycles. The predicted octanol–water partition coefficient (Wildman–Crippen LogP) is -0.00540. The summed E-state index contributed by atoms with van der Waals surface area (Å²) in [4.78, 5) is 35.4. The van der Waals surface area contributed by atoms with E-state index in [9.17, 15) is 22.8 Å². The van der Waals surface area contributed by atoms with Crippen molar-refractivity contribution in [2.24, 2.45) is 11.3 Å². The van der Waals surface area contributed by atoms with E-state index < -0.39 is 59.0 Å². The van der Waals surface area contributed by atoms with Gasteiger partial charge in [-0.05, 0) is 20.8 Å². The Kier molecular flexibility index (Phi) is 9.18. The molecule has 10 nitrogen and oxygen atoms in total. The van der Waals surface area contributed by atoms with Crippen LogP contribution in [-0.4, -0.2) is 51.9 Å². The maximum atomic E-state index is 12.3. The first-order valence-corrected chi connectivity index (χ1v) is 8.86. The van der Waals surface area contributed by atoms with Crippen LogP contribution in [0.1, 0.15) is 20.8 Å². The number of carbonyl (C=O) groups is 3. The number of rotatable bonds is 11. The highest BCUT2D eigenvalue weighted by Crippen LogP contribution is 2.21. The van der Waals surface area contributed by atoms with Crippen molar-refractivity contribution in [3.8, 4) is 0 Å². The van der Waals surface area contributed by atoms with Crippen LogP contribution >= 0.6 is 0 Å². The van der Waals surface area contributed by atoms with Crippen LogP contribution < -0.4 is 5.90 Å². The minimum absolute atomic E-state index is 0.103. The summed E-state index contributed by atoms with van der Waals surface area (Å²) in [5.41, 5.74) is -1.37. The van der Waals surface area contributed by atoms with Crippen molar-refractivity contribution in [1.29, 1.82) is 0 Å². The molecule has 0 amide bonds. The molecule has 0 aliphatic rings. The van der Waals surface area contributed by atoms with Crippen molar-refractivity contribution in [3.63, 3.8) is 0 Å². The highest BCUT2D eigenvalue weighted by Gasteiger charge is 2.39. The molecule has 0 aromatic heterocycles. The Labute approximate surface area is 152 Å². The summed E-state index contributed by atoms with van der Waals surface area (Å²) < 4.78 is 40.7. The lowest BCUT2D eigenvalue weighted by atomic mass is 9.93. The largest absolute Gasteiger partial charge is 0.464 e. The second-order valence-corrected chi connectivity index (χ2v) is 7.48. The Morgan fingerprint density at radius 2 is 1.38 bits per heavy atom. The monoisotopic (exact) mass is 393 g/mol. The Balaban J connectivity index is 5.06. The van der Waals surface area contributed by atoms with E-state index in [1.807, 2.05) is 0 Å². The molecule has 0 aromatic carbocycles. The van der Waals surface area contributed by atoms with E-state index >= 15 is 0 Å². The van der Waals surface area contributed by atoms with Crippen LogP contribution in [-0.2, 0) is 43.0 Å². The third-order valence-electron chi connectivity index (χ3n) is 2.95. The van der Waals surface area contributed by atoms with Crippen LogP contribution in [0, 0.1) is 5.41 Å². The van der Waals surface area contributed by atoms with Gasteiger partial charge in [-0.3, -0.25) is 4.79 Å². The van der Waals surface area contributed by atoms with Crippen molar-refractivity contribution >= 4 is 28.0 Å². The second kappa shape index (κ2) is 10.0. The van der Waals surface area contributed by atoms with Gasteiger partial charge in [0, 0.05) is 11.1 Å². The van der Waals surface area contributed by atoms with Gasteiger partial charge in [0.1, 0.15) is 31.0 Å². The first-order valence-electron chi connectivity index (χ1n) is 7.28. The fraction of sp³-hybridized carbons (Fsp3) is 0.533. The molecular weight excluding hydrogens is 370 g/mol. The molecule has 0 unspecified atom stereocenters. The van der Waals surface area contributed by atoms with Crippen LogP contribution in [0.4, 0.5) is 0 Å². The minimum atomic E-state index is -4.03. The van der Waals surface area contributed by atoms with Crippen LogP contribution in [0.25, 0.3) is 0 Å². The van der Waals surface area contributed by atoms with E-state index in [1.165, 1.54) is 20.8 Å². The molecule has 26 heavy (non-hydrogen) atoms. The van der Waals surface area contributed by atoms with Gasteiger partial charge in [0.25, 0.3) is 10.1 Å². The first-order chi connectivity index (χ1) is 11.8. The Bertz CT molecular complexity index is 651. The quantitative estimate of drug-likeness (QED) is 0.220. The number of hydrogen-bond donors (Lipinski definition) is 1. The maximum Gasteiger partial charge on any atom is 0.333 e. The number of carbonyl (C=O) groups excluding carboxylic acids is 3. The average Bonchev–Trinajstić information content (AvgIpc) is 2.56. The zero-order chi connectivity index (χ0) is 20.5. The first kappa shape index (κ1) is 23.8. The number of ether oxygens (including phenoxy) is 3. The molecule has 2 N–H and O–H groups in total. The van der Waals surface area contributed by atoms with E-state index in [-0.39, 0.29) is 11.1 Å². The zero-order valence-electron chi connectivity index (χ0n) is 14.9. The van der Waals surface area contributed by atoms with Gasteiger partial charge in [0.15, 0.2) is 0 Å². The van der Waals surface area contributed by atoms with Gasteiger partial charge in [0.05, 0.1) is 0 Å². The summed E-state index contributed by atoms with van der Waals surface area (Å²) in [6.07, 6.45) is 0. The highest BCUT2D eigenvalue weighted by atomic mass is 32.2. The number of nitrogens with two attached hydrogens (primary N) is 1. The molecule has 0 atom stereocenters. The molecule has 0 aliphatic carbocycles. The van der Waals surface area contributed by atoms with Gasteiger partial charge in [0.2, 0.25) is 0 Å². The van der Waals surface area contributed by atoms with Crippen molar-refractivity contribution in [3.05, 3.63) is 24.3 Å². The molecule has 0 spiro atoms. The lowest BCUT2D eigenvalue weighted by Gasteiger charge is -2.26. The molecule has 148 valence electrons. The Morgan fingerprint density at radius 1 is 0.962 bits per heavy atom. The summed E-state index contributed by atoms with van der Waals surface area (Å²) in [7, 11) is -4.03. The van der Waals surface area contributed by atoms with Gasteiger partial charge in [-0.2, -0.15) is 18.6 Å². The summed E-state index contributed by atoms with van der Waals surface area (Å²) in [6.45, 7) is 9.43. The van der Waals surface area contributed by atoms with Gasteiger partial charge in [-0.25, -0.2) is 9.59 Å². The van der Waals surface area contributed by atoms with Gasteiger partial charge in [-0.15, -0.1) is 0 Å². The number of esters is 3. The molecule has 0 heterocycles. The Morgan fingerprint density at radius 3 is 1.73 bits per heavy atom. The van der Waals surface area contributed by atoms with Crippen molar-refractivity contribution in [2.75, 3.05) is 25.6 Å². The fourth-order valence-corrected chi connectivity index (χ4v) is 1.70. The maximum absolute atomic E-state index is 12.3. The molecule has 0 fully saturated rings. The lowest BCUT2D eigenvalue weighted by molar-refractivity contribution is -0.167. The van der Waals surface area contributed by atoms with Gasteiger partial charge in [-0.1, -0.05) is 13.2 Å². The van der Waals surface area contributed by atoms with Crippen LogP contribution in [0.5, 0.6) is 0 Å². The van der Waals surface area contributed by atoms with E-state index in [4.69, 9.17) is 14.2 Å². The highest BCUT2D eigenvalue weighted by molar-refractivity contribution is 7.86. The molecule has 0 radical (unpaired) electrons. The smallest absolute Gasteiger partial charge is 0.333 e. The van der Waals surface area contributed by atoms with Crippen molar-refractivity contribution < 1.29 is 41.3 Å². The van der Waals surface area contributed by atoms with E-state index in [0.717, 1.165) is 0 Å². The third-order valence-corrected chi connectivity index (χ3v) is 3.91. The van der Waals surface area contributed by atoms with Crippen molar-refractivity contribution in [2.45, 2.75) is 20.8 Å². The number of hydrogen-bond acceptors (Lipinski definition) is 10. The zero-order valence-corrected chi connectivity index (χ0v) is 15.7. The van der Waals surface area contributed by atoms with Gasteiger partial charge < -0.3 is 14.2 Å². The van der Waals surface area contributed by atoms with E-state index in [2.05, 4.69) is 23.3 Å². The summed E-state index contributed by atoms with van der Waals surface area (Å²) in [5, 5.41) is 0. The van der Waals surface area contributed by atoms with E-state index in [0.29, 0.717) is 0 Å². The molecule has 0 bridgehead atoms. The molecule has 11 heteroatoms. The normalized spacial score (nSPS) is 11.4. The minimum Gasteiger partial charge on any atom is -0.464 e. The summed E-state index contributed by atoms with van der Waals surface area (Å²) in [5.74, 6) is 1.43.